The van der Waals surface area contributed by atoms with Crippen molar-refractivity contribution in [2.75, 3.05) is 20.3 Å². The van der Waals surface area contributed by atoms with Gasteiger partial charge in [0.2, 0.25) is 0 Å². The number of imide groups is 1. The zero-order chi connectivity index (χ0) is 21.5. The molecule has 2 aromatic rings. The molecule has 2 aliphatic rings. The normalized spacial score (nSPS) is 20.9. The number of hydrogen-bond donors (Lipinski definition) is 0. The number of amides is 2. The monoisotopic (exact) mass is 409 g/mol. The molecule has 2 unspecified atom stereocenters. The predicted octanol–water partition coefficient (Wildman–Crippen LogP) is 3.06. The van der Waals surface area contributed by atoms with Gasteiger partial charge in [-0.3, -0.25) is 19.3 Å². The maximum atomic E-state index is 12.7. The van der Waals surface area contributed by atoms with Crippen LogP contribution >= 0.6 is 0 Å². The molecule has 2 aromatic carbocycles. The van der Waals surface area contributed by atoms with Crippen LogP contribution in [0.4, 0.5) is 0 Å². The second-order valence-corrected chi connectivity index (χ2v) is 7.83. The molecule has 0 saturated carbocycles. The SMILES string of the molecule is COC(=O)C(CN1C(=O)c2ccccc2C1=O)c1ccc(C2COC(C)(C)O2)cc1. The van der Waals surface area contributed by atoms with Crippen LogP contribution in [0.3, 0.4) is 0 Å². The third-order valence-electron chi connectivity index (χ3n) is 5.45. The predicted molar refractivity (Wildman–Crippen MR) is 107 cm³/mol. The second-order valence-electron chi connectivity index (χ2n) is 7.83. The number of benzene rings is 2. The van der Waals surface area contributed by atoms with Crippen LogP contribution in [-0.2, 0) is 19.0 Å². The minimum atomic E-state index is -0.788. The number of ether oxygens (including phenoxy) is 3. The third-order valence-corrected chi connectivity index (χ3v) is 5.45. The summed E-state index contributed by atoms with van der Waals surface area (Å²) < 4.78 is 16.4. The van der Waals surface area contributed by atoms with E-state index in [4.69, 9.17) is 14.2 Å². The van der Waals surface area contributed by atoms with Gasteiger partial charge in [0.05, 0.1) is 30.8 Å². The van der Waals surface area contributed by atoms with Crippen LogP contribution in [0.1, 0.15) is 57.7 Å². The van der Waals surface area contributed by atoms with Gasteiger partial charge >= 0.3 is 5.97 Å². The number of nitrogens with zero attached hydrogens (tertiary/aromatic N) is 1. The Balaban J connectivity index is 1.56. The number of methoxy groups -OCH3 is 1. The summed E-state index contributed by atoms with van der Waals surface area (Å²) in [7, 11) is 1.29. The van der Waals surface area contributed by atoms with Crippen LogP contribution in [0, 0.1) is 0 Å². The summed E-state index contributed by atoms with van der Waals surface area (Å²) >= 11 is 0. The average Bonchev–Trinajstić information content (AvgIpc) is 3.23. The van der Waals surface area contributed by atoms with Crippen LogP contribution in [0.2, 0.25) is 0 Å². The molecule has 0 aliphatic carbocycles. The quantitative estimate of drug-likeness (QED) is 0.558. The van der Waals surface area contributed by atoms with E-state index in [1.54, 1.807) is 36.4 Å². The van der Waals surface area contributed by atoms with Gasteiger partial charge in [0, 0.05) is 6.54 Å². The fourth-order valence-corrected chi connectivity index (χ4v) is 3.84. The summed E-state index contributed by atoms with van der Waals surface area (Å²) in [5.74, 6) is -2.74. The van der Waals surface area contributed by atoms with E-state index in [0.717, 1.165) is 10.5 Å². The van der Waals surface area contributed by atoms with Crippen molar-refractivity contribution in [2.24, 2.45) is 0 Å². The number of carbonyl (C=O) groups is 3. The summed E-state index contributed by atoms with van der Waals surface area (Å²) in [4.78, 5) is 39.0. The largest absolute Gasteiger partial charge is 0.468 e. The maximum Gasteiger partial charge on any atom is 0.314 e. The Morgan fingerprint density at radius 1 is 1.10 bits per heavy atom. The van der Waals surface area contributed by atoms with Gasteiger partial charge in [-0.1, -0.05) is 36.4 Å². The topological polar surface area (TPSA) is 82.1 Å². The Bertz CT molecular complexity index is 962. The molecule has 7 heteroatoms. The molecule has 0 aromatic heterocycles. The van der Waals surface area contributed by atoms with Gasteiger partial charge in [0.1, 0.15) is 6.10 Å². The minimum absolute atomic E-state index is 0.0889. The average molecular weight is 409 g/mol. The van der Waals surface area contributed by atoms with Gasteiger partial charge in [0.15, 0.2) is 5.79 Å². The third kappa shape index (κ3) is 3.62. The number of rotatable bonds is 5. The molecular formula is C23H23NO6. The van der Waals surface area contributed by atoms with Gasteiger partial charge in [-0.15, -0.1) is 0 Å². The molecule has 2 atom stereocenters. The molecule has 0 N–H and O–H groups in total. The van der Waals surface area contributed by atoms with Crippen molar-refractivity contribution in [1.29, 1.82) is 0 Å². The molecule has 2 heterocycles. The van der Waals surface area contributed by atoms with Gasteiger partial charge in [-0.05, 0) is 37.1 Å². The molecule has 1 fully saturated rings. The summed E-state index contributed by atoms with van der Waals surface area (Å²) in [6, 6.07) is 14.0. The smallest absolute Gasteiger partial charge is 0.314 e. The molecule has 0 radical (unpaired) electrons. The Morgan fingerprint density at radius 3 is 2.20 bits per heavy atom. The first-order valence-corrected chi connectivity index (χ1v) is 9.75. The van der Waals surface area contributed by atoms with Gasteiger partial charge < -0.3 is 14.2 Å². The summed E-state index contributed by atoms with van der Waals surface area (Å²) in [5, 5.41) is 0. The van der Waals surface area contributed by atoms with E-state index >= 15 is 0 Å². The highest BCUT2D eigenvalue weighted by atomic mass is 16.7. The Kier molecular flexibility index (Phi) is 5.17. The molecule has 4 rings (SSSR count). The molecule has 2 aliphatic heterocycles. The Morgan fingerprint density at radius 2 is 1.70 bits per heavy atom. The van der Waals surface area contributed by atoms with E-state index in [2.05, 4.69) is 0 Å². The fraction of sp³-hybridized carbons (Fsp3) is 0.348. The van der Waals surface area contributed by atoms with E-state index in [1.165, 1.54) is 7.11 Å². The zero-order valence-electron chi connectivity index (χ0n) is 17.1. The molecule has 2 amide bonds. The summed E-state index contributed by atoms with van der Waals surface area (Å²) in [6.45, 7) is 4.07. The van der Waals surface area contributed by atoms with Crippen molar-refractivity contribution in [3.05, 3.63) is 70.8 Å². The lowest BCUT2D eigenvalue weighted by molar-refractivity contribution is -0.142. The van der Waals surface area contributed by atoms with Crippen LogP contribution < -0.4 is 0 Å². The lowest BCUT2D eigenvalue weighted by Crippen LogP contribution is -2.36. The number of hydrogen-bond acceptors (Lipinski definition) is 6. The first-order chi connectivity index (χ1) is 14.3. The first kappa shape index (κ1) is 20.3. The maximum absolute atomic E-state index is 12.7. The molecule has 0 bridgehead atoms. The number of esters is 1. The number of fused-ring (bicyclic) bond motifs is 1. The fourth-order valence-electron chi connectivity index (χ4n) is 3.84. The molecule has 0 spiro atoms. The van der Waals surface area contributed by atoms with Crippen molar-refractivity contribution in [3.63, 3.8) is 0 Å². The van der Waals surface area contributed by atoms with Crippen LogP contribution in [0.5, 0.6) is 0 Å². The molecule has 30 heavy (non-hydrogen) atoms. The Labute approximate surface area is 174 Å². The highest BCUT2D eigenvalue weighted by molar-refractivity contribution is 6.21. The lowest BCUT2D eigenvalue weighted by Gasteiger charge is -2.22. The zero-order valence-corrected chi connectivity index (χ0v) is 17.1. The molecular weight excluding hydrogens is 386 g/mol. The van der Waals surface area contributed by atoms with Crippen molar-refractivity contribution in [3.8, 4) is 0 Å². The van der Waals surface area contributed by atoms with Gasteiger partial charge in [-0.25, -0.2) is 0 Å². The number of carbonyl (C=O) groups excluding carboxylic acids is 3. The molecule has 7 nitrogen and oxygen atoms in total. The van der Waals surface area contributed by atoms with E-state index in [1.807, 2.05) is 26.0 Å². The van der Waals surface area contributed by atoms with Gasteiger partial charge in [0.25, 0.3) is 11.8 Å². The van der Waals surface area contributed by atoms with Crippen molar-refractivity contribution in [1.82, 2.24) is 4.90 Å². The van der Waals surface area contributed by atoms with Crippen LogP contribution in [0.15, 0.2) is 48.5 Å². The van der Waals surface area contributed by atoms with Crippen LogP contribution in [0.25, 0.3) is 0 Å². The van der Waals surface area contributed by atoms with Crippen molar-refractivity contribution >= 4 is 17.8 Å². The summed E-state index contributed by atoms with van der Waals surface area (Å²) in [6.07, 6.45) is -0.193. The van der Waals surface area contributed by atoms with Crippen molar-refractivity contribution in [2.45, 2.75) is 31.7 Å². The van der Waals surface area contributed by atoms with E-state index < -0.39 is 29.5 Å². The van der Waals surface area contributed by atoms with E-state index in [-0.39, 0.29) is 12.6 Å². The van der Waals surface area contributed by atoms with Crippen LogP contribution in [-0.4, -0.2) is 48.7 Å². The highest BCUT2D eigenvalue weighted by Gasteiger charge is 2.39. The second kappa shape index (κ2) is 7.66. The Hall–Kier alpha value is -3.03. The summed E-state index contributed by atoms with van der Waals surface area (Å²) in [5.41, 5.74) is 2.28. The highest BCUT2D eigenvalue weighted by Crippen LogP contribution is 2.34. The minimum Gasteiger partial charge on any atom is -0.468 e. The molecule has 156 valence electrons. The lowest BCUT2D eigenvalue weighted by atomic mass is 9.96. The van der Waals surface area contributed by atoms with Gasteiger partial charge in [-0.2, -0.15) is 0 Å². The van der Waals surface area contributed by atoms with Crippen molar-refractivity contribution < 1.29 is 28.6 Å². The molecule has 1 saturated heterocycles. The standard InChI is InChI=1S/C23H23NO6/c1-23(2)29-13-19(30-23)15-10-8-14(9-11-15)18(22(27)28-3)12-24-20(25)16-6-4-5-7-17(16)21(24)26/h4-11,18-19H,12-13H2,1-3H3. The van der Waals surface area contributed by atoms with E-state index in [0.29, 0.717) is 23.3 Å². The van der Waals surface area contributed by atoms with E-state index in [9.17, 15) is 14.4 Å². The first-order valence-electron chi connectivity index (χ1n) is 9.75.